The molecule has 1 aromatic rings. The maximum atomic E-state index is 12.0. The van der Waals surface area contributed by atoms with Crippen molar-refractivity contribution < 1.29 is 14.7 Å². The third-order valence-electron chi connectivity index (χ3n) is 3.51. The van der Waals surface area contributed by atoms with Gasteiger partial charge in [0, 0.05) is 17.3 Å². The monoisotopic (exact) mass is 329 g/mol. The Kier molecular flexibility index (Phi) is 2.94. The van der Waals surface area contributed by atoms with E-state index in [9.17, 15) is 14.7 Å². The Bertz CT molecular complexity index is 511. The summed E-state index contributed by atoms with van der Waals surface area (Å²) >= 11 is 4.91. The Morgan fingerprint density at radius 3 is 2.67 bits per heavy atom. The highest BCUT2D eigenvalue weighted by atomic mass is 79.9. The van der Waals surface area contributed by atoms with Crippen LogP contribution in [-0.2, 0) is 9.59 Å². The van der Waals surface area contributed by atoms with Crippen molar-refractivity contribution in [3.63, 3.8) is 0 Å². The molecule has 2 fully saturated rings. The fraction of sp³-hybridized carbons (Fsp3) is 0.500. The molecule has 2 aliphatic rings. The third kappa shape index (κ3) is 1.97. The van der Waals surface area contributed by atoms with E-state index >= 15 is 0 Å². The Morgan fingerprint density at radius 1 is 1.44 bits per heavy atom. The lowest BCUT2D eigenvalue weighted by Gasteiger charge is -2.25. The van der Waals surface area contributed by atoms with Crippen LogP contribution >= 0.6 is 27.3 Å². The Labute approximate surface area is 117 Å². The van der Waals surface area contributed by atoms with Gasteiger partial charge in [-0.1, -0.05) is 0 Å². The number of likely N-dealkylation sites (tertiary alicyclic amines) is 1. The summed E-state index contributed by atoms with van der Waals surface area (Å²) in [5, 5.41) is 9.30. The summed E-state index contributed by atoms with van der Waals surface area (Å²) < 4.78 is 0.969. The SMILES string of the molecule is O=C(O)C1CC(=O)N(C2CC2)C1c1ccc(Br)s1. The fourth-order valence-corrected chi connectivity index (χ4v) is 4.17. The minimum atomic E-state index is -0.874. The van der Waals surface area contributed by atoms with E-state index in [0.717, 1.165) is 21.5 Å². The quantitative estimate of drug-likeness (QED) is 0.927. The van der Waals surface area contributed by atoms with Gasteiger partial charge in [0.05, 0.1) is 15.7 Å². The first-order chi connectivity index (χ1) is 8.58. The van der Waals surface area contributed by atoms with Gasteiger partial charge in [0.1, 0.15) is 0 Å². The minimum absolute atomic E-state index is 0.0144. The molecule has 0 radical (unpaired) electrons. The number of hydrogen-bond acceptors (Lipinski definition) is 3. The van der Waals surface area contributed by atoms with Gasteiger partial charge in [0.25, 0.3) is 0 Å². The Hall–Kier alpha value is -0.880. The number of rotatable bonds is 3. The summed E-state index contributed by atoms with van der Waals surface area (Å²) in [7, 11) is 0. The number of hydrogen-bond donors (Lipinski definition) is 1. The molecule has 2 unspecified atom stereocenters. The molecule has 18 heavy (non-hydrogen) atoms. The molecule has 6 heteroatoms. The average molecular weight is 330 g/mol. The topological polar surface area (TPSA) is 57.6 Å². The second kappa shape index (κ2) is 4.35. The van der Waals surface area contributed by atoms with E-state index in [0.29, 0.717) is 0 Å². The maximum Gasteiger partial charge on any atom is 0.309 e. The first-order valence-electron chi connectivity index (χ1n) is 5.87. The van der Waals surface area contributed by atoms with Gasteiger partial charge < -0.3 is 10.0 Å². The molecule has 1 N–H and O–H groups in total. The first-order valence-corrected chi connectivity index (χ1v) is 7.48. The largest absolute Gasteiger partial charge is 0.481 e. The van der Waals surface area contributed by atoms with Crippen molar-refractivity contribution in [2.75, 3.05) is 0 Å². The van der Waals surface area contributed by atoms with Crippen LogP contribution in [0.4, 0.5) is 0 Å². The zero-order chi connectivity index (χ0) is 12.9. The van der Waals surface area contributed by atoms with Crippen LogP contribution < -0.4 is 0 Å². The summed E-state index contributed by atoms with van der Waals surface area (Å²) in [6.07, 6.45) is 2.13. The number of aliphatic carboxylic acids is 1. The maximum absolute atomic E-state index is 12.0. The summed E-state index contributed by atoms with van der Waals surface area (Å²) in [5.41, 5.74) is 0. The highest BCUT2D eigenvalue weighted by Gasteiger charge is 2.50. The van der Waals surface area contributed by atoms with Gasteiger partial charge in [-0.05, 0) is 40.9 Å². The number of nitrogens with zero attached hydrogens (tertiary/aromatic N) is 1. The molecule has 1 aromatic heterocycles. The van der Waals surface area contributed by atoms with Crippen LogP contribution in [0.15, 0.2) is 15.9 Å². The summed E-state index contributed by atoms with van der Waals surface area (Å²) in [5.74, 6) is -1.50. The summed E-state index contributed by atoms with van der Waals surface area (Å²) in [6, 6.07) is 3.81. The molecule has 1 saturated heterocycles. The van der Waals surface area contributed by atoms with Crippen molar-refractivity contribution in [2.24, 2.45) is 5.92 Å². The van der Waals surface area contributed by atoms with Crippen molar-refractivity contribution in [1.29, 1.82) is 0 Å². The van der Waals surface area contributed by atoms with Crippen LogP contribution in [0.25, 0.3) is 0 Å². The summed E-state index contributed by atoms with van der Waals surface area (Å²) in [4.78, 5) is 26.1. The van der Waals surface area contributed by atoms with E-state index < -0.39 is 11.9 Å². The second-order valence-corrected chi connectivity index (χ2v) is 7.26. The number of thiophene rings is 1. The van der Waals surface area contributed by atoms with Gasteiger partial charge in [-0.2, -0.15) is 0 Å². The van der Waals surface area contributed by atoms with Gasteiger partial charge >= 0.3 is 5.97 Å². The molecule has 1 aliphatic heterocycles. The predicted molar refractivity (Wildman–Crippen MR) is 70.4 cm³/mol. The highest BCUT2D eigenvalue weighted by Crippen LogP contribution is 2.47. The molecular weight excluding hydrogens is 318 g/mol. The number of carbonyl (C=O) groups is 2. The lowest BCUT2D eigenvalue weighted by Crippen LogP contribution is -2.31. The zero-order valence-corrected chi connectivity index (χ0v) is 11.9. The van der Waals surface area contributed by atoms with Gasteiger partial charge in [-0.15, -0.1) is 11.3 Å². The molecule has 0 bridgehead atoms. The van der Waals surface area contributed by atoms with E-state index in [1.54, 1.807) is 4.90 Å². The van der Waals surface area contributed by atoms with Crippen LogP contribution in [0.2, 0.25) is 0 Å². The van der Waals surface area contributed by atoms with Gasteiger partial charge in [-0.25, -0.2) is 0 Å². The van der Waals surface area contributed by atoms with Crippen molar-refractivity contribution in [3.8, 4) is 0 Å². The van der Waals surface area contributed by atoms with Gasteiger partial charge in [0.2, 0.25) is 5.91 Å². The van der Waals surface area contributed by atoms with E-state index in [4.69, 9.17) is 0 Å². The molecule has 96 valence electrons. The molecule has 1 aliphatic carbocycles. The van der Waals surface area contributed by atoms with Crippen LogP contribution in [-0.4, -0.2) is 27.9 Å². The highest BCUT2D eigenvalue weighted by molar-refractivity contribution is 9.11. The third-order valence-corrected chi connectivity index (χ3v) is 5.20. The standard InChI is InChI=1S/C12H12BrNO3S/c13-9-4-3-8(18-9)11-7(12(16)17)5-10(15)14(11)6-1-2-6/h3-4,6-7,11H,1-2,5H2,(H,16,17). The zero-order valence-electron chi connectivity index (χ0n) is 9.51. The predicted octanol–water partition coefficient (Wildman–Crippen LogP) is 2.65. The number of carboxylic acid groups (broad SMARTS) is 1. The molecule has 1 amide bonds. The van der Waals surface area contributed by atoms with Gasteiger partial charge in [0.15, 0.2) is 0 Å². The molecule has 2 heterocycles. The molecular formula is C12H12BrNO3S. The van der Waals surface area contributed by atoms with Crippen LogP contribution in [0.5, 0.6) is 0 Å². The Morgan fingerprint density at radius 2 is 2.17 bits per heavy atom. The van der Waals surface area contributed by atoms with E-state index in [2.05, 4.69) is 15.9 Å². The number of halogens is 1. The van der Waals surface area contributed by atoms with E-state index in [-0.39, 0.29) is 24.4 Å². The van der Waals surface area contributed by atoms with Crippen molar-refractivity contribution in [2.45, 2.75) is 31.3 Å². The van der Waals surface area contributed by atoms with Crippen molar-refractivity contribution in [3.05, 3.63) is 20.8 Å². The fourth-order valence-electron chi connectivity index (χ4n) is 2.58. The molecule has 4 nitrogen and oxygen atoms in total. The number of carbonyl (C=O) groups excluding carboxylic acids is 1. The second-order valence-electron chi connectivity index (χ2n) is 4.77. The van der Waals surface area contributed by atoms with Crippen molar-refractivity contribution in [1.82, 2.24) is 4.90 Å². The molecule has 0 aromatic carbocycles. The summed E-state index contributed by atoms with van der Waals surface area (Å²) in [6.45, 7) is 0. The smallest absolute Gasteiger partial charge is 0.309 e. The Balaban J connectivity index is 1.98. The molecule has 3 rings (SSSR count). The lowest BCUT2D eigenvalue weighted by atomic mass is 9.99. The first kappa shape index (κ1) is 12.2. The normalized spacial score (nSPS) is 27.8. The van der Waals surface area contributed by atoms with E-state index in [1.165, 1.54) is 11.3 Å². The van der Waals surface area contributed by atoms with E-state index in [1.807, 2.05) is 12.1 Å². The minimum Gasteiger partial charge on any atom is -0.481 e. The van der Waals surface area contributed by atoms with Crippen LogP contribution in [0, 0.1) is 5.92 Å². The lowest BCUT2D eigenvalue weighted by molar-refractivity contribution is -0.142. The van der Waals surface area contributed by atoms with Crippen molar-refractivity contribution >= 4 is 39.1 Å². The van der Waals surface area contributed by atoms with Gasteiger partial charge in [-0.3, -0.25) is 9.59 Å². The molecule has 1 saturated carbocycles. The van der Waals surface area contributed by atoms with Crippen LogP contribution in [0.1, 0.15) is 30.2 Å². The molecule has 0 spiro atoms. The molecule has 2 atom stereocenters. The average Bonchev–Trinajstić information content (AvgIpc) is 2.95. The van der Waals surface area contributed by atoms with Crippen LogP contribution in [0.3, 0.4) is 0 Å². The number of amides is 1. The number of carboxylic acids is 1.